The first-order chi connectivity index (χ1) is 9.74. The lowest BCUT2D eigenvalue weighted by molar-refractivity contribution is 0.807. The SMILES string of the molecule is Nc1ccc(Cl)c(Cn2ccnc2-c2ccccc2)c1. The van der Waals surface area contributed by atoms with Crippen molar-refractivity contribution in [1.82, 2.24) is 9.55 Å². The largest absolute Gasteiger partial charge is 0.399 e. The van der Waals surface area contributed by atoms with Crippen LogP contribution in [0.3, 0.4) is 0 Å². The number of hydrogen-bond acceptors (Lipinski definition) is 2. The van der Waals surface area contributed by atoms with Gasteiger partial charge in [0.05, 0.1) is 6.54 Å². The van der Waals surface area contributed by atoms with E-state index in [1.54, 1.807) is 12.3 Å². The van der Waals surface area contributed by atoms with Gasteiger partial charge in [-0.15, -0.1) is 0 Å². The summed E-state index contributed by atoms with van der Waals surface area (Å²) in [5.74, 6) is 0.920. The summed E-state index contributed by atoms with van der Waals surface area (Å²) in [6, 6.07) is 15.6. The molecular formula is C16H14ClN3. The second-order valence-electron chi connectivity index (χ2n) is 4.60. The molecule has 0 saturated carbocycles. The molecule has 0 bridgehead atoms. The zero-order valence-corrected chi connectivity index (χ0v) is 11.6. The van der Waals surface area contributed by atoms with E-state index in [1.165, 1.54) is 0 Å². The Morgan fingerprint density at radius 1 is 1.10 bits per heavy atom. The zero-order valence-electron chi connectivity index (χ0n) is 10.8. The summed E-state index contributed by atoms with van der Waals surface area (Å²) in [6.45, 7) is 0.647. The van der Waals surface area contributed by atoms with Crippen LogP contribution in [0.15, 0.2) is 60.9 Å². The van der Waals surface area contributed by atoms with Crippen LogP contribution < -0.4 is 5.73 Å². The van der Waals surface area contributed by atoms with Crippen LogP contribution in [-0.4, -0.2) is 9.55 Å². The average molecular weight is 284 g/mol. The Hall–Kier alpha value is -2.26. The second kappa shape index (κ2) is 5.39. The van der Waals surface area contributed by atoms with Gasteiger partial charge in [0.25, 0.3) is 0 Å². The molecule has 0 amide bonds. The van der Waals surface area contributed by atoms with Gasteiger partial charge in [-0.3, -0.25) is 0 Å². The van der Waals surface area contributed by atoms with Crippen molar-refractivity contribution in [3.8, 4) is 11.4 Å². The molecule has 1 heterocycles. The first-order valence-corrected chi connectivity index (χ1v) is 6.72. The Bertz CT molecular complexity index is 720. The number of rotatable bonds is 3. The molecule has 3 aromatic rings. The lowest BCUT2D eigenvalue weighted by Crippen LogP contribution is -2.02. The Morgan fingerprint density at radius 3 is 2.70 bits per heavy atom. The second-order valence-corrected chi connectivity index (χ2v) is 5.00. The minimum absolute atomic E-state index is 0.647. The number of nitrogen functional groups attached to an aromatic ring is 1. The highest BCUT2D eigenvalue weighted by molar-refractivity contribution is 6.31. The number of imidazole rings is 1. The van der Waals surface area contributed by atoms with Crippen molar-refractivity contribution in [2.75, 3.05) is 5.73 Å². The van der Waals surface area contributed by atoms with Gasteiger partial charge in [-0.2, -0.15) is 0 Å². The molecule has 0 aliphatic heterocycles. The standard InChI is InChI=1S/C16H14ClN3/c17-15-7-6-14(18)10-13(15)11-20-9-8-19-16(20)12-4-2-1-3-5-12/h1-10H,11,18H2. The highest BCUT2D eigenvalue weighted by Gasteiger charge is 2.08. The number of anilines is 1. The van der Waals surface area contributed by atoms with E-state index in [1.807, 2.05) is 48.7 Å². The van der Waals surface area contributed by atoms with Crippen molar-refractivity contribution in [3.05, 3.63) is 71.5 Å². The van der Waals surface area contributed by atoms with Gasteiger partial charge in [-0.05, 0) is 23.8 Å². The average Bonchev–Trinajstić information content (AvgIpc) is 2.92. The summed E-state index contributed by atoms with van der Waals surface area (Å²) in [5.41, 5.74) is 8.60. The van der Waals surface area contributed by atoms with E-state index in [0.29, 0.717) is 17.3 Å². The lowest BCUT2D eigenvalue weighted by atomic mass is 10.2. The summed E-state index contributed by atoms with van der Waals surface area (Å²) in [5, 5.41) is 0.715. The van der Waals surface area contributed by atoms with Gasteiger partial charge in [-0.1, -0.05) is 41.9 Å². The molecule has 4 heteroatoms. The fourth-order valence-corrected chi connectivity index (χ4v) is 2.36. The van der Waals surface area contributed by atoms with Gasteiger partial charge < -0.3 is 10.3 Å². The van der Waals surface area contributed by atoms with Gasteiger partial charge >= 0.3 is 0 Å². The van der Waals surface area contributed by atoms with Gasteiger partial charge in [0.2, 0.25) is 0 Å². The van der Waals surface area contributed by atoms with E-state index in [4.69, 9.17) is 17.3 Å². The minimum Gasteiger partial charge on any atom is -0.399 e. The van der Waals surface area contributed by atoms with Crippen LogP contribution in [0.1, 0.15) is 5.56 Å². The molecule has 0 aliphatic rings. The van der Waals surface area contributed by atoms with Crippen molar-refractivity contribution in [2.45, 2.75) is 6.54 Å². The number of nitrogens with two attached hydrogens (primary N) is 1. The summed E-state index contributed by atoms with van der Waals surface area (Å²) >= 11 is 6.22. The molecule has 20 heavy (non-hydrogen) atoms. The van der Waals surface area contributed by atoms with E-state index >= 15 is 0 Å². The van der Waals surface area contributed by atoms with Crippen molar-refractivity contribution < 1.29 is 0 Å². The molecule has 0 atom stereocenters. The topological polar surface area (TPSA) is 43.8 Å². The van der Waals surface area contributed by atoms with Crippen LogP contribution in [0.5, 0.6) is 0 Å². The Morgan fingerprint density at radius 2 is 1.90 bits per heavy atom. The van der Waals surface area contributed by atoms with E-state index in [-0.39, 0.29) is 0 Å². The molecule has 1 aromatic heterocycles. The number of hydrogen-bond donors (Lipinski definition) is 1. The maximum Gasteiger partial charge on any atom is 0.140 e. The Labute approximate surface area is 122 Å². The molecule has 0 aliphatic carbocycles. The van der Waals surface area contributed by atoms with E-state index < -0.39 is 0 Å². The lowest BCUT2D eigenvalue weighted by Gasteiger charge is -2.10. The third-order valence-electron chi connectivity index (χ3n) is 3.16. The van der Waals surface area contributed by atoms with E-state index in [0.717, 1.165) is 17.0 Å². The maximum absolute atomic E-state index is 6.22. The predicted octanol–water partition coefficient (Wildman–Crippen LogP) is 3.83. The molecule has 3 rings (SSSR count). The molecular weight excluding hydrogens is 270 g/mol. The highest BCUT2D eigenvalue weighted by atomic mass is 35.5. The van der Waals surface area contributed by atoms with Crippen LogP contribution in [0.4, 0.5) is 5.69 Å². The highest BCUT2D eigenvalue weighted by Crippen LogP contribution is 2.23. The van der Waals surface area contributed by atoms with Gasteiger partial charge in [0.1, 0.15) is 5.82 Å². The smallest absolute Gasteiger partial charge is 0.140 e. The van der Waals surface area contributed by atoms with Crippen LogP contribution in [-0.2, 0) is 6.54 Å². The molecule has 3 nitrogen and oxygen atoms in total. The fourth-order valence-electron chi connectivity index (χ4n) is 2.18. The van der Waals surface area contributed by atoms with Gasteiger partial charge in [0.15, 0.2) is 0 Å². The number of benzene rings is 2. The van der Waals surface area contributed by atoms with Crippen LogP contribution in [0.25, 0.3) is 11.4 Å². The molecule has 0 unspecified atom stereocenters. The summed E-state index contributed by atoms with van der Waals surface area (Å²) in [7, 11) is 0. The molecule has 0 fully saturated rings. The number of halogens is 1. The zero-order chi connectivity index (χ0) is 13.9. The van der Waals surface area contributed by atoms with Crippen molar-refractivity contribution in [1.29, 1.82) is 0 Å². The summed E-state index contributed by atoms with van der Waals surface area (Å²) in [4.78, 5) is 4.42. The number of aromatic nitrogens is 2. The summed E-state index contributed by atoms with van der Waals surface area (Å²) in [6.07, 6.45) is 3.74. The maximum atomic E-state index is 6.22. The third kappa shape index (κ3) is 2.53. The monoisotopic (exact) mass is 283 g/mol. The van der Waals surface area contributed by atoms with Crippen LogP contribution in [0, 0.1) is 0 Å². The van der Waals surface area contributed by atoms with Crippen molar-refractivity contribution in [3.63, 3.8) is 0 Å². The van der Waals surface area contributed by atoms with Crippen LogP contribution >= 0.6 is 11.6 Å². The molecule has 2 aromatic carbocycles. The first-order valence-electron chi connectivity index (χ1n) is 6.34. The molecule has 100 valence electrons. The fraction of sp³-hybridized carbons (Fsp3) is 0.0625. The van der Waals surface area contributed by atoms with Crippen molar-refractivity contribution in [2.24, 2.45) is 0 Å². The Kier molecular flexibility index (Phi) is 3.44. The quantitative estimate of drug-likeness (QED) is 0.742. The predicted molar refractivity (Wildman–Crippen MR) is 82.6 cm³/mol. The normalized spacial score (nSPS) is 10.7. The Balaban J connectivity index is 1.97. The molecule has 0 radical (unpaired) electrons. The van der Waals surface area contributed by atoms with E-state index in [2.05, 4.69) is 9.55 Å². The van der Waals surface area contributed by atoms with Gasteiger partial charge in [-0.25, -0.2) is 4.98 Å². The minimum atomic E-state index is 0.647. The van der Waals surface area contributed by atoms with E-state index in [9.17, 15) is 0 Å². The van der Waals surface area contributed by atoms with Crippen molar-refractivity contribution >= 4 is 17.3 Å². The molecule has 0 spiro atoms. The number of nitrogens with zero attached hydrogens (tertiary/aromatic N) is 2. The molecule has 0 saturated heterocycles. The molecule has 2 N–H and O–H groups in total. The third-order valence-corrected chi connectivity index (χ3v) is 3.53. The van der Waals surface area contributed by atoms with Gasteiger partial charge in [0, 0.05) is 28.7 Å². The summed E-state index contributed by atoms with van der Waals surface area (Å²) < 4.78 is 2.07. The first kappa shape index (κ1) is 12.8. The van der Waals surface area contributed by atoms with Crippen LogP contribution in [0.2, 0.25) is 5.02 Å².